The molecule has 3 rings (SSSR count). The fourth-order valence-electron chi connectivity index (χ4n) is 2.33. The van der Waals surface area contributed by atoms with Crippen LogP contribution in [0.1, 0.15) is 16.8 Å². The fourth-order valence-corrected chi connectivity index (χ4v) is 3.97. The summed E-state index contributed by atoms with van der Waals surface area (Å²) in [4.78, 5) is 16.1. The van der Waals surface area contributed by atoms with Crippen LogP contribution < -0.4 is 5.73 Å². The zero-order chi connectivity index (χ0) is 15.0. The SMILES string of the molecule is Nc1ccc2c(c1)S(=O)(=O)N(CCCn1ccnc1)C2=O. The molecule has 0 bridgehead atoms. The number of fused-ring (bicyclic) bond motifs is 1. The van der Waals surface area contributed by atoms with Gasteiger partial charge in [-0.15, -0.1) is 0 Å². The predicted molar refractivity (Wildman–Crippen MR) is 75.9 cm³/mol. The third kappa shape index (κ3) is 2.27. The highest BCUT2D eigenvalue weighted by atomic mass is 32.2. The summed E-state index contributed by atoms with van der Waals surface area (Å²) in [5.74, 6) is -0.490. The van der Waals surface area contributed by atoms with Crippen LogP contribution in [-0.2, 0) is 16.6 Å². The number of nitrogens with zero attached hydrogens (tertiary/aromatic N) is 3. The predicted octanol–water partition coefficient (Wildman–Crippen LogP) is 0.700. The molecule has 110 valence electrons. The van der Waals surface area contributed by atoms with E-state index in [0.717, 1.165) is 4.31 Å². The lowest BCUT2D eigenvalue weighted by atomic mass is 10.2. The molecule has 1 aliphatic rings. The molecule has 1 amide bonds. The highest BCUT2D eigenvalue weighted by Gasteiger charge is 2.40. The van der Waals surface area contributed by atoms with Gasteiger partial charge in [0.15, 0.2) is 0 Å². The molecule has 0 fully saturated rings. The van der Waals surface area contributed by atoms with E-state index >= 15 is 0 Å². The highest BCUT2D eigenvalue weighted by molar-refractivity contribution is 7.90. The molecular formula is C13H14N4O3S. The van der Waals surface area contributed by atoms with E-state index in [4.69, 9.17) is 5.73 Å². The zero-order valence-electron chi connectivity index (χ0n) is 11.1. The van der Waals surface area contributed by atoms with E-state index in [2.05, 4.69) is 4.98 Å². The maximum absolute atomic E-state index is 12.4. The summed E-state index contributed by atoms with van der Waals surface area (Å²) >= 11 is 0. The number of hydrogen-bond acceptors (Lipinski definition) is 5. The van der Waals surface area contributed by atoms with Gasteiger partial charge in [0.05, 0.1) is 11.9 Å². The molecule has 21 heavy (non-hydrogen) atoms. The van der Waals surface area contributed by atoms with Crippen LogP contribution in [0, 0.1) is 0 Å². The van der Waals surface area contributed by atoms with Crippen LogP contribution >= 0.6 is 0 Å². The van der Waals surface area contributed by atoms with Gasteiger partial charge in [0.1, 0.15) is 4.90 Å². The number of nitrogen functional groups attached to an aromatic ring is 1. The van der Waals surface area contributed by atoms with Crippen molar-refractivity contribution in [2.45, 2.75) is 17.9 Å². The van der Waals surface area contributed by atoms with E-state index in [9.17, 15) is 13.2 Å². The van der Waals surface area contributed by atoms with Crippen molar-refractivity contribution in [3.8, 4) is 0 Å². The van der Waals surface area contributed by atoms with Crippen molar-refractivity contribution in [2.24, 2.45) is 0 Å². The summed E-state index contributed by atoms with van der Waals surface area (Å²) in [5.41, 5.74) is 6.11. The molecule has 2 heterocycles. The van der Waals surface area contributed by atoms with Crippen LogP contribution in [0.3, 0.4) is 0 Å². The Bertz CT molecular complexity index is 784. The van der Waals surface area contributed by atoms with Crippen LogP contribution in [-0.4, -0.2) is 34.7 Å². The zero-order valence-corrected chi connectivity index (χ0v) is 12.0. The topological polar surface area (TPSA) is 98.3 Å². The Morgan fingerprint density at radius 3 is 2.76 bits per heavy atom. The lowest BCUT2D eigenvalue weighted by Gasteiger charge is -2.14. The standard InChI is InChI=1S/C13H14N4O3S/c14-10-2-3-11-12(8-10)21(19,20)17(13(11)18)6-1-5-16-7-4-15-9-16/h2-4,7-9H,1,5-6,14H2. The molecule has 0 aliphatic carbocycles. The first-order valence-electron chi connectivity index (χ1n) is 6.42. The van der Waals surface area contributed by atoms with Gasteiger partial charge in [-0.1, -0.05) is 0 Å². The van der Waals surface area contributed by atoms with E-state index in [-0.39, 0.29) is 17.0 Å². The molecular weight excluding hydrogens is 292 g/mol. The number of hydrogen-bond donors (Lipinski definition) is 1. The Balaban J connectivity index is 1.80. The van der Waals surface area contributed by atoms with E-state index in [1.807, 2.05) is 4.57 Å². The van der Waals surface area contributed by atoms with Gasteiger partial charge in [0, 0.05) is 31.2 Å². The molecule has 1 aromatic carbocycles. The van der Waals surface area contributed by atoms with E-state index in [1.54, 1.807) is 18.7 Å². The second-order valence-corrected chi connectivity index (χ2v) is 6.62. The van der Waals surface area contributed by atoms with Crippen molar-refractivity contribution in [1.29, 1.82) is 0 Å². The molecule has 7 nitrogen and oxygen atoms in total. The first kappa shape index (κ1) is 13.6. The minimum atomic E-state index is -3.78. The number of anilines is 1. The molecule has 2 N–H and O–H groups in total. The van der Waals surface area contributed by atoms with E-state index < -0.39 is 15.9 Å². The molecule has 1 aromatic heterocycles. The number of sulfonamides is 1. The Morgan fingerprint density at radius 1 is 1.24 bits per heavy atom. The number of amides is 1. The summed E-state index contributed by atoms with van der Waals surface area (Å²) in [6.07, 6.45) is 5.60. The van der Waals surface area contributed by atoms with Gasteiger partial charge >= 0.3 is 0 Å². The summed E-state index contributed by atoms with van der Waals surface area (Å²) in [6.45, 7) is 0.728. The molecule has 2 aromatic rings. The van der Waals surface area contributed by atoms with Crippen LogP contribution in [0.5, 0.6) is 0 Å². The van der Waals surface area contributed by atoms with Crippen LogP contribution in [0.25, 0.3) is 0 Å². The van der Waals surface area contributed by atoms with E-state index in [1.165, 1.54) is 18.2 Å². The summed E-state index contributed by atoms with van der Waals surface area (Å²) in [5, 5.41) is 0. The summed E-state index contributed by atoms with van der Waals surface area (Å²) in [7, 11) is -3.78. The molecule has 0 unspecified atom stereocenters. The Kier molecular flexibility index (Phi) is 3.17. The van der Waals surface area contributed by atoms with Crippen LogP contribution in [0.4, 0.5) is 5.69 Å². The first-order chi connectivity index (χ1) is 10.00. The molecule has 0 spiro atoms. The van der Waals surface area contributed by atoms with Gasteiger partial charge in [-0.3, -0.25) is 4.79 Å². The summed E-state index contributed by atoms with van der Waals surface area (Å²) in [6, 6.07) is 4.32. The van der Waals surface area contributed by atoms with Crippen LogP contribution in [0.2, 0.25) is 0 Å². The highest BCUT2D eigenvalue weighted by Crippen LogP contribution is 2.31. The Hall–Kier alpha value is -2.35. The normalized spacial score (nSPS) is 16.2. The molecule has 8 heteroatoms. The minimum Gasteiger partial charge on any atom is -0.399 e. The van der Waals surface area contributed by atoms with Gasteiger partial charge < -0.3 is 10.3 Å². The minimum absolute atomic E-state index is 0.00451. The van der Waals surface area contributed by atoms with Crippen molar-refractivity contribution in [3.63, 3.8) is 0 Å². The first-order valence-corrected chi connectivity index (χ1v) is 7.86. The maximum Gasteiger partial charge on any atom is 0.269 e. The second kappa shape index (κ2) is 4.88. The Labute approximate surface area is 122 Å². The number of aryl methyl sites for hydroxylation is 1. The van der Waals surface area contributed by atoms with Crippen molar-refractivity contribution >= 4 is 21.6 Å². The average Bonchev–Trinajstić information content (AvgIpc) is 3.01. The third-order valence-electron chi connectivity index (χ3n) is 3.37. The fraction of sp³-hybridized carbons (Fsp3) is 0.231. The van der Waals surface area contributed by atoms with Gasteiger partial charge in [-0.25, -0.2) is 17.7 Å². The molecule has 0 radical (unpaired) electrons. The molecule has 0 atom stereocenters. The van der Waals surface area contributed by atoms with Gasteiger partial charge in [0.2, 0.25) is 0 Å². The molecule has 0 saturated heterocycles. The van der Waals surface area contributed by atoms with Crippen molar-refractivity contribution in [2.75, 3.05) is 12.3 Å². The number of benzene rings is 1. The number of nitrogens with two attached hydrogens (primary N) is 1. The largest absolute Gasteiger partial charge is 0.399 e. The van der Waals surface area contributed by atoms with E-state index in [0.29, 0.717) is 18.7 Å². The maximum atomic E-state index is 12.4. The van der Waals surface area contributed by atoms with Gasteiger partial charge in [-0.05, 0) is 24.6 Å². The van der Waals surface area contributed by atoms with Crippen LogP contribution in [0.15, 0.2) is 41.8 Å². The summed E-state index contributed by atoms with van der Waals surface area (Å²) < 4.78 is 27.5. The smallest absolute Gasteiger partial charge is 0.269 e. The van der Waals surface area contributed by atoms with Crippen molar-refractivity contribution < 1.29 is 13.2 Å². The third-order valence-corrected chi connectivity index (χ3v) is 5.19. The van der Waals surface area contributed by atoms with Gasteiger partial charge in [0.25, 0.3) is 15.9 Å². The van der Waals surface area contributed by atoms with Crippen molar-refractivity contribution in [3.05, 3.63) is 42.5 Å². The number of carbonyl (C=O) groups excluding carboxylic acids is 1. The molecule has 1 aliphatic heterocycles. The quantitative estimate of drug-likeness (QED) is 0.838. The van der Waals surface area contributed by atoms with Crippen molar-refractivity contribution in [1.82, 2.24) is 13.9 Å². The number of aromatic nitrogens is 2. The lowest BCUT2D eigenvalue weighted by molar-refractivity contribution is 0.0869. The number of carbonyl (C=O) groups is 1. The second-order valence-electron chi connectivity index (χ2n) is 4.79. The monoisotopic (exact) mass is 306 g/mol. The Morgan fingerprint density at radius 2 is 2.05 bits per heavy atom. The van der Waals surface area contributed by atoms with Gasteiger partial charge in [-0.2, -0.15) is 0 Å². The number of imidazole rings is 1. The average molecular weight is 306 g/mol. The molecule has 0 saturated carbocycles. The lowest BCUT2D eigenvalue weighted by Crippen LogP contribution is -2.31. The number of rotatable bonds is 4.